The van der Waals surface area contributed by atoms with Gasteiger partial charge in [-0.25, -0.2) is 0 Å². The number of alkyl halides is 3. The molecular formula is C16H14F3N3O2. The lowest BCUT2D eigenvalue weighted by molar-refractivity contribution is -0.141. The summed E-state index contributed by atoms with van der Waals surface area (Å²) in [5.41, 5.74) is -0.882. The van der Waals surface area contributed by atoms with Crippen molar-refractivity contribution in [3.63, 3.8) is 0 Å². The Balaban J connectivity index is 1.62. The molecule has 5 nitrogen and oxygen atoms in total. The summed E-state index contributed by atoms with van der Waals surface area (Å²) < 4.78 is 43.3. The van der Waals surface area contributed by atoms with Gasteiger partial charge < -0.3 is 9.64 Å². The van der Waals surface area contributed by atoms with Crippen molar-refractivity contribution in [1.29, 1.82) is 0 Å². The van der Waals surface area contributed by atoms with Gasteiger partial charge in [0.2, 0.25) is 0 Å². The van der Waals surface area contributed by atoms with Crippen molar-refractivity contribution in [2.45, 2.75) is 18.7 Å². The van der Waals surface area contributed by atoms with E-state index in [2.05, 4.69) is 9.97 Å². The van der Waals surface area contributed by atoms with Crippen LogP contribution in [0.15, 0.2) is 42.9 Å². The molecule has 1 amide bonds. The third-order valence-electron chi connectivity index (χ3n) is 3.69. The van der Waals surface area contributed by atoms with E-state index in [1.54, 1.807) is 29.4 Å². The van der Waals surface area contributed by atoms with E-state index in [9.17, 15) is 18.0 Å². The molecule has 0 N–H and O–H groups in total. The summed E-state index contributed by atoms with van der Waals surface area (Å²) in [5.74, 6) is 0.317. The number of nitrogens with zero attached hydrogens (tertiary/aromatic N) is 3. The predicted molar refractivity (Wildman–Crippen MR) is 78.4 cm³/mol. The number of pyridine rings is 2. The summed E-state index contributed by atoms with van der Waals surface area (Å²) in [6.45, 7) is 0.859. The lowest BCUT2D eigenvalue weighted by atomic mass is 10.2. The van der Waals surface area contributed by atoms with Crippen molar-refractivity contribution in [2.75, 3.05) is 13.1 Å². The highest BCUT2D eigenvalue weighted by Crippen LogP contribution is 2.27. The lowest BCUT2D eigenvalue weighted by Gasteiger charge is -2.17. The van der Waals surface area contributed by atoms with Crippen LogP contribution in [0.5, 0.6) is 5.75 Å². The van der Waals surface area contributed by atoms with Gasteiger partial charge in [0.25, 0.3) is 5.91 Å². The summed E-state index contributed by atoms with van der Waals surface area (Å²) >= 11 is 0. The summed E-state index contributed by atoms with van der Waals surface area (Å²) in [5, 5.41) is 0. The molecule has 0 bridgehead atoms. The van der Waals surface area contributed by atoms with Crippen molar-refractivity contribution >= 4 is 5.91 Å². The quantitative estimate of drug-likeness (QED) is 0.864. The molecular weight excluding hydrogens is 323 g/mol. The van der Waals surface area contributed by atoms with Crippen LogP contribution in [0, 0.1) is 0 Å². The monoisotopic (exact) mass is 337 g/mol. The van der Waals surface area contributed by atoms with E-state index in [0.29, 0.717) is 25.3 Å². The van der Waals surface area contributed by atoms with Crippen LogP contribution in [0.25, 0.3) is 0 Å². The Morgan fingerprint density at radius 1 is 1.21 bits per heavy atom. The lowest BCUT2D eigenvalue weighted by Crippen LogP contribution is -2.31. The number of carbonyl (C=O) groups excluding carboxylic acids is 1. The fourth-order valence-corrected chi connectivity index (χ4v) is 2.49. The van der Waals surface area contributed by atoms with Gasteiger partial charge in [-0.1, -0.05) is 0 Å². The maximum absolute atomic E-state index is 12.5. The standard InChI is InChI=1S/C16H14F3N3O2/c17-16(18,19)14-2-1-11(9-21-14)15(23)22-8-5-13(10-22)24-12-3-6-20-7-4-12/h1-4,6-7,9,13H,5,8,10H2/t13-/m1/s1. The molecule has 126 valence electrons. The van der Waals surface area contributed by atoms with Crippen molar-refractivity contribution < 1.29 is 22.7 Å². The van der Waals surface area contributed by atoms with Crippen LogP contribution in [0.1, 0.15) is 22.5 Å². The van der Waals surface area contributed by atoms with Gasteiger partial charge in [-0.3, -0.25) is 14.8 Å². The van der Waals surface area contributed by atoms with Crippen LogP contribution >= 0.6 is 0 Å². The minimum Gasteiger partial charge on any atom is -0.488 e. The minimum absolute atomic E-state index is 0.132. The fourth-order valence-electron chi connectivity index (χ4n) is 2.49. The average Bonchev–Trinajstić information content (AvgIpc) is 3.03. The topological polar surface area (TPSA) is 55.3 Å². The molecule has 1 atom stereocenters. The first-order chi connectivity index (χ1) is 11.4. The second-order valence-corrected chi connectivity index (χ2v) is 5.39. The summed E-state index contributed by atoms with van der Waals surface area (Å²) in [6, 6.07) is 5.41. The fraction of sp³-hybridized carbons (Fsp3) is 0.312. The molecule has 1 aliphatic heterocycles. The zero-order valence-electron chi connectivity index (χ0n) is 12.5. The number of halogens is 3. The third-order valence-corrected chi connectivity index (χ3v) is 3.69. The van der Waals surface area contributed by atoms with Gasteiger partial charge in [0, 0.05) is 31.6 Å². The molecule has 0 spiro atoms. The molecule has 8 heteroatoms. The van der Waals surface area contributed by atoms with Crippen LogP contribution in [-0.2, 0) is 6.18 Å². The highest BCUT2D eigenvalue weighted by atomic mass is 19.4. The first kappa shape index (κ1) is 16.2. The highest BCUT2D eigenvalue weighted by molar-refractivity contribution is 5.94. The predicted octanol–water partition coefficient (Wildman–Crippen LogP) is 2.79. The Labute approximate surface area is 136 Å². The van der Waals surface area contributed by atoms with Gasteiger partial charge in [-0.2, -0.15) is 13.2 Å². The number of aromatic nitrogens is 2. The molecule has 0 saturated carbocycles. The zero-order chi connectivity index (χ0) is 17.2. The van der Waals surface area contributed by atoms with Crippen molar-refractivity contribution in [1.82, 2.24) is 14.9 Å². The van der Waals surface area contributed by atoms with Crippen LogP contribution in [0.2, 0.25) is 0 Å². The molecule has 2 aromatic heterocycles. The van der Waals surface area contributed by atoms with E-state index >= 15 is 0 Å². The Morgan fingerprint density at radius 2 is 1.96 bits per heavy atom. The Morgan fingerprint density at radius 3 is 2.58 bits per heavy atom. The number of hydrogen-bond donors (Lipinski definition) is 0. The molecule has 0 aromatic carbocycles. The molecule has 1 saturated heterocycles. The van der Waals surface area contributed by atoms with Gasteiger partial charge in [0.15, 0.2) is 0 Å². The largest absolute Gasteiger partial charge is 0.488 e. The van der Waals surface area contributed by atoms with Gasteiger partial charge >= 0.3 is 6.18 Å². The summed E-state index contributed by atoms with van der Waals surface area (Å²) in [7, 11) is 0. The van der Waals surface area contributed by atoms with Crippen LogP contribution in [0.3, 0.4) is 0 Å². The summed E-state index contributed by atoms with van der Waals surface area (Å²) in [4.78, 5) is 21.1. The Bertz CT molecular complexity index is 705. The van der Waals surface area contributed by atoms with Crippen molar-refractivity contribution in [3.05, 3.63) is 54.1 Å². The molecule has 1 aliphatic rings. The maximum atomic E-state index is 12.5. The molecule has 3 heterocycles. The third kappa shape index (κ3) is 3.64. The van der Waals surface area contributed by atoms with E-state index < -0.39 is 11.9 Å². The molecule has 3 rings (SSSR count). The van der Waals surface area contributed by atoms with Gasteiger partial charge in [-0.05, 0) is 24.3 Å². The molecule has 2 aromatic rings. The first-order valence-corrected chi connectivity index (χ1v) is 7.33. The van der Waals surface area contributed by atoms with Crippen molar-refractivity contribution in [3.8, 4) is 5.75 Å². The minimum atomic E-state index is -4.52. The average molecular weight is 337 g/mol. The summed E-state index contributed by atoms with van der Waals surface area (Å²) in [6.07, 6.45) is 0.171. The maximum Gasteiger partial charge on any atom is 0.433 e. The number of rotatable bonds is 3. The van der Waals surface area contributed by atoms with Crippen LogP contribution in [-0.4, -0.2) is 40.0 Å². The molecule has 24 heavy (non-hydrogen) atoms. The molecule has 1 fully saturated rings. The molecule has 0 unspecified atom stereocenters. The van der Waals surface area contributed by atoms with E-state index in [1.165, 1.54) is 0 Å². The first-order valence-electron chi connectivity index (χ1n) is 7.33. The second-order valence-electron chi connectivity index (χ2n) is 5.39. The highest BCUT2D eigenvalue weighted by Gasteiger charge is 2.33. The number of ether oxygens (including phenoxy) is 1. The number of carbonyl (C=O) groups is 1. The smallest absolute Gasteiger partial charge is 0.433 e. The van der Waals surface area contributed by atoms with Crippen LogP contribution < -0.4 is 4.74 Å². The van der Waals surface area contributed by atoms with E-state index in [0.717, 1.165) is 18.3 Å². The molecule has 0 radical (unpaired) electrons. The normalized spacial score (nSPS) is 17.8. The van der Waals surface area contributed by atoms with E-state index in [4.69, 9.17) is 4.74 Å². The number of hydrogen-bond acceptors (Lipinski definition) is 4. The second kappa shape index (κ2) is 6.46. The Kier molecular flexibility index (Phi) is 4.37. The Hall–Kier alpha value is -2.64. The van der Waals surface area contributed by atoms with Gasteiger partial charge in [-0.15, -0.1) is 0 Å². The van der Waals surface area contributed by atoms with Crippen LogP contribution in [0.4, 0.5) is 13.2 Å². The van der Waals surface area contributed by atoms with Gasteiger partial charge in [0.05, 0.1) is 12.1 Å². The van der Waals surface area contributed by atoms with Crippen molar-refractivity contribution in [2.24, 2.45) is 0 Å². The zero-order valence-corrected chi connectivity index (χ0v) is 12.5. The van der Waals surface area contributed by atoms with E-state index in [1.807, 2.05) is 0 Å². The van der Waals surface area contributed by atoms with Gasteiger partial charge in [0.1, 0.15) is 17.5 Å². The van der Waals surface area contributed by atoms with E-state index in [-0.39, 0.29) is 17.6 Å². The number of likely N-dealkylation sites (tertiary alicyclic amines) is 1. The SMILES string of the molecule is O=C(c1ccc(C(F)(F)F)nc1)N1CC[C@@H](Oc2ccncc2)C1. The number of amides is 1. The molecule has 0 aliphatic carbocycles.